The molecule has 1 aliphatic rings. The smallest absolute Gasteiger partial charge is 0.278 e. The molecule has 0 radical (unpaired) electrons. The fraction of sp³-hybridized carbons (Fsp3) is 0.483. The predicted octanol–water partition coefficient (Wildman–Crippen LogP) is 8.82. The van der Waals surface area contributed by atoms with Gasteiger partial charge in [0, 0.05) is 10.7 Å². The summed E-state index contributed by atoms with van der Waals surface area (Å²) in [7, 11) is 0. The number of benzene rings is 2. The van der Waals surface area contributed by atoms with E-state index in [1.54, 1.807) is 0 Å². The van der Waals surface area contributed by atoms with Crippen molar-refractivity contribution in [2.75, 3.05) is 10.3 Å². The number of hydrazone groups is 1. The molecule has 6 nitrogen and oxygen atoms in total. The topological polar surface area (TPSA) is 73.8 Å². The largest absolute Gasteiger partial charge is 0.367 e. The van der Waals surface area contributed by atoms with E-state index in [1.165, 1.54) is 57.1 Å². The van der Waals surface area contributed by atoms with Crippen LogP contribution in [0.5, 0.6) is 0 Å². The summed E-state index contributed by atoms with van der Waals surface area (Å²) >= 11 is 25.2. The first kappa shape index (κ1) is 31.5. The molecular weight excluding hydrogens is 578 g/mol. The molecule has 2 amide bonds. The summed E-state index contributed by atoms with van der Waals surface area (Å²) in [5.41, 5.74) is 0.866. The van der Waals surface area contributed by atoms with Crippen molar-refractivity contribution < 1.29 is 9.59 Å². The van der Waals surface area contributed by atoms with Crippen molar-refractivity contribution in [3.05, 3.63) is 57.5 Å². The summed E-state index contributed by atoms with van der Waals surface area (Å²) in [6.45, 7) is 2.23. The summed E-state index contributed by atoms with van der Waals surface area (Å²) in [6, 6.07) is 11.1. The Bertz CT molecular complexity index is 1110. The number of alkyl halides is 1. The van der Waals surface area contributed by atoms with E-state index in [1.807, 2.05) is 30.3 Å². The van der Waals surface area contributed by atoms with Crippen molar-refractivity contribution in [2.24, 2.45) is 5.10 Å². The van der Waals surface area contributed by atoms with Crippen LogP contribution in [0.4, 0.5) is 11.4 Å². The maximum Gasteiger partial charge on any atom is 0.278 e. The Hall–Kier alpha value is -1.99. The lowest BCUT2D eigenvalue weighted by Gasteiger charge is -2.18. The number of anilines is 2. The second-order valence-corrected chi connectivity index (χ2v) is 11.5. The van der Waals surface area contributed by atoms with Gasteiger partial charge in [-0.2, -0.15) is 5.01 Å². The van der Waals surface area contributed by atoms with Gasteiger partial charge in [0.15, 0.2) is 11.9 Å². The molecule has 2 N–H and O–H groups in total. The zero-order valence-corrected chi connectivity index (χ0v) is 25.2. The van der Waals surface area contributed by atoms with Crippen molar-refractivity contribution in [1.82, 2.24) is 5.32 Å². The van der Waals surface area contributed by atoms with Gasteiger partial charge in [0.25, 0.3) is 5.91 Å². The van der Waals surface area contributed by atoms with E-state index >= 15 is 0 Å². The van der Waals surface area contributed by atoms with Gasteiger partial charge in [-0.15, -0.1) is 16.7 Å². The van der Waals surface area contributed by atoms with Crippen molar-refractivity contribution in [1.29, 1.82) is 0 Å². The molecule has 0 aliphatic carbocycles. The first-order valence-corrected chi connectivity index (χ1v) is 15.2. The Balaban J connectivity index is 1.59. The average Bonchev–Trinajstić information content (AvgIpc) is 3.19. The lowest BCUT2D eigenvalue weighted by Crippen LogP contribution is -2.47. The van der Waals surface area contributed by atoms with E-state index < -0.39 is 23.2 Å². The Labute approximate surface area is 251 Å². The molecule has 1 heterocycles. The first-order chi connectivity index (χ1) is 18.8. The number of hydrogen-bond donors (Lipinski definition) is 2. The van der Waals surface area contributed by atoms with Crippen molar-refractivity contribution in [2.45, 2.75) is 89.0 Å². The van der Waals surface area contributed by atoms with Crippen molar-refractivity contribution in [3.8, 4) is 0 Å². The molecule has 0 bridgehead atoms. The highest BCUT2D eigenvalue weighted by atomic mass is 35.5. The van der Waals surface area contributed by atoms with Crippen LogP contribution in [0, 0.1) is 0 Å². The van der Waals surface area contributed by atoms with Crippen molar-refractivity contribution in [3.63, 3.8) is 0 Å². The van der Waals surface area contributed by atoms with Gasteiger partial charge in [0.2, 0.25) is 5.91 Å². The highest BCUT2D eigenvalue weighted by Crippen LogP contribution is 2.38. The molecule has 0 fully saturated rings. The van der Waals surface area contributed by atoms with Crippen LogP contribution in [0.2, 0.25) is 15.1 Å². The van der Waals surface area contributed by atoms with Crippen LogP contribution in [0.15, 0.2) is 47.6 Å². The van der Waals surface area contributed by atoms with Crippen LogP contribution in [-0.2, 0) is 9.59 Å². The molecule has 2 unspecified atom stereocenters. The highest BCUT2D eigenvalue weighted by Gasteiger charge is 2.40. The van der Waals surface area contributed by atoms with Crippen LogP contribution in [0.3, 0.4) is 0 Å². The number of nitrogens with zero attached hydrogens (tertiary/aromatic N) is 2. The lowest BCUT2D eigenvalue weighted by molar-refractivity contribution is -0.119. The minimum absolute atomic E-state index is 0.115. The van der Waals surface area contributed by atoms with E-state index in [4.69, 9.17) is 46.4 Å². The normalized spacial score (nSPS) is 15.8. The maximum absolute atomic E-state index is 13.4. The molecular formula is C29H36Cl4N4O2. The van der Waals surface area contributed by atoms with E-state index in [2.05, 4.69) is 22.7 Å². The third-order valence-electron chi connectivity index (χ3n) is 6.56. The Kier molecular flexibility index (Phi) is 13.2. The molecule has 2 aromatic carbocycles. The summed E-state index contributed by atoms with van der Waals surface area (Å²) in [6.07, 6.45) is 12.6. The van der Waals surface area contributed by atoms with Gasteiger partial charge >= 0.3 is 0 Å². The molecule has 0 spiro atoms. The summed E-state index contributed by atoms with van der Waals surface area (Å²) in [5, 5.41) is 11.3. The monoisotopic (exact) mass is 612 g/mol. The zero-order valence-electron chi connectivity index (χ0n) is 22.2. The number of halogens is 4. The SMILES string of the molecule is CCCCCCCCCCCCC(Cl)C(=O)NC1=NN(c2c(Cl)cc(Cl)cc2Cl)C(=O)C1Nc1ccccc1. The Morgan fingerprint density at radius 2 is 1.49 bits per heavy atom. The fourth-order valence-corrected chi connectivity index (χ4v) is 5.61. The molecule has 10 heteroatoms. The molecule has 0 aromatic heterocycles. The van der Waals surface area contributed by atoms with E-state index in [9.17, 15) is 9.59 Å². The van der Waals surface area contributed by atoms with Gasteiger partial charge in [0.05, 0.1) is 10.0 Å². The number of rotatable bonds is 15. The van der Waals surface area contributed by atoms with Crippen LogP contribution in [0.1, 0.15) is 77.6 Å². The molecule has 2 atom stereocenters. The quantitative estimate of drug-likeness (QED) is 0.156. The van der Waals surface area contributed by atoms with Gasteiger partial charge in [-0.1, -0.05) is 124 Å². The van der Waals surface area contributed by atoms with Gasteiger partial charge in [0.1, 0.15) is 11.1 Å². The molecule has 39 heavy (non-hydrogen) atoms. The minimum Gasteiger partial charge on any atom is -0.367 e. The Morgan fingerprint density at radius 1 is 0.923 bits per heavy atom. The van der Waals surface area contributed by atoms with E-state index in [0.29, 0.717) is 17.1 Å². The number of unbranched alkanes of at least 4 members (excludes halogenated alkanes) is 9. The molecule has 0 saturated heterocycles. The number of amides is 2. The number of hydrogen-bond acceptors (Lipinski definition) is 4. The second-order valence-electron chi connectivity index (χ2n) is 9.72. The standard InChI is InChI=1S/C29H36Cl4N4O2/c1-2-3-4-5-6-7-8-9-10-14-17-22(31)28(38)35-27-25(34-21-15-12-11-13-16-21)29(39)37(36-27)26-23(32)18-20(30)19-24(26)33/h11-13,15-16,18-19,22,25,34H,2-10,14,17H2,1H3,(H,35,36,38). The number of carbonyl (C=O) groups excluding carboxylic acids is 2. The fourth-order valence-electron chi connectivity index (χ4n) is 4.43. The molecule has 212 valence electrons. The third-order valence-corrected chi connectivity index (χ3v) is 7.77. The molecule has 2 aromatic rings. The average molecular weight is 614 g/mol. The van der Waals surface area contributed by atoms with E-state index in [-0.39, 0.29) is 21.6 Å². The number of carbonyl (C=O) groups is 2. The highest BCUT2D eigenvalue weighted by molar-refractivity contribution is 6.43. The van der Waals surface area contributed by atoms with E-state index in [0.717, 1.165) is 24.3 Å². The summed E-state index contributed by atoms with van der Waals surface area (Å²) in [5.74, 6) is -0.750. The van der Waals surface area contributed by atoms with Gasteiger partial charge < -0.3 is 10.6 Å². The third kappa shape index (κ3) is 9.56. The van der Waals surface area contributed by atoms with Gasteiger partial charge in [-0.05, 0) is 30.7 Å². The summed E-state index contributed by atoms with van der Waals surface area (Å²) in [4.78, 5) is 26.4. The minimum atomic E-state index is -0.972. The van der Waals surface area contributed by atoms with Crippen molar-refractivity contribution >= 4 is 75.4 Å². The molecule has 1 aliphatic heterocycles. The Morgan fingerprint density at radius 3 is 2.08 bits per heavy atom. The lowest BCUT2D eigenvalue weighted by atomic mass is 10.1. The summed E-state index contributed by atoms with van der Waals surface area (Å²) < 4.78 is 0. The van der Waals surface area contributed by atoms with Crippen LogP contribution in [-0.4, -0.2) is 29.1 Å². The number of amidine groups is 1. The molecule has 3 rings (SSSR count). The second kappa shape index (κ2) is 16.3. The number of nitrogens with one attached hydrogen (secondary N) is 2. The zero-order chi connectivity index (χ0) is 28.2. The number of para-hydroxylation sites is 1. The molecule has 0 saturated carbocycles. The van der Waals surface area contributed by atoms with Crippen LogP contribution in [0.25, 0.3) is 0 Å². The maximum atomic E-state index is 13.4. The van der Waals surface area contributed by atoms with Gasteiger partial charge in [-0.25, -0.2) is 0 Å². The first-order valence-electron chi connectivity index (χ1n) is 13.6. The van der Waals surface area contributed by atoms with Crippen LogP contribution >= 0.6 is 46.4 Å². The predicted molar refractivity (Wildman–Crippen MR) is 164 cm³/mol. The van der Waals surface area contributed by atoms with Gasteiger partial charge in [-0.3, -0.25) is 9.59 Å². The van der Waals surface area contributed by atoms with Crippen LogP contribution < -0.4 is 15.6 Å².